The van der Waals surface area contributed by atoms with Gasteiger partial charge in [0.05, 0.1) is 13.2 Å². The molecule has 0 fully saturated rings. The molecule has 3 aromatic rings. The predicted molar refractivity (Wildman–Crippen MR) is 97.1 cm³/mol. The van der Waals surface area contributed by atoms with Gasteiger partial charge in [-0.1, -0.05) is 41.6 Å². The Labute approximate surface area is 152 Å². The van der Waals surface area contributed by atoms with E-state index in [9.17, 15) is 0 Å². The topological polar surface area (TPSA) is 60.2 Å². The maximum absolute atomic E-state index is 5.49. The van der Waals surface area contributed by atoms with Crippen molar-refractivity contribution in [1.29, 1.82) is 0 Å². The Kier molecular flexibility index (Phi) is 5.36. The molecule has 4 rings (SSSR count). The van der Waals surface area contributed by atoms with E-state index in [0.717, 1.165) is 24.3 Å². The molecule has 2 aromatic carbocycles. The third-order valence-electron chi connectivity index (χ3n) is 4.38. The second-order valence-corrected chi connectivity index (χ2v) is 5.98. The van der Waals surface area contributed by atoms with Gasteiger partial charge in [0.25, 0.3) is 0 Å². The number of methoxy groups -OCH3 is 1. The van der Waals surface area contributed by atoms with Gasteiger partial charge in [-0.2, -0.15) is 4.98 Å². The first-order valence-corrected chi connectivity index (χ1v) is 8.07. The van der Waals surface area contributed by atoms with E-state index >= 15 is 0 Å². The number of nitrogens with one attached hydrogen (secondary N) is 1. The van der Waals surface area contributed by atoms with Gasteiger partial charge < -0.3 is 14.6 Å². The van der Waals surface area contributed by atoms with Crippen LogP contribution in [0.1, 0.15) is 34.4 Å². The quantitative estimate of drug-likeness (QED) is 0.774. The number of hydrogen-bond donors (Lipinski definition) is 1. The predicted octanol–water partition coefficient (Wildman–Crippen LogP) is 3.48. The number of nitrogens with zero attached hydrogens (tertiary/aromatic N) is 2. The molecule has 0 unspecified atom stereocenters. The molecule has 1 aromatic heterocycles. The van der Waals surface area contributed by atoms with E-state index in [4.69, 9.17) is 9.26 Å². The molecule has 0 amide bonds. The number of halogens is 1. The van der Waals surface area contributed by atoms with E-state index in [1.165, 1.54) is 11.1 Å². The maximum atomic E-state index is 5.49. The van der Waals surface area contributed by atoms with Crippen LogP contribution in [0.25, 0.3) is 0 Å². The molecular formula is C19H20ClN3O2. The molecule has 130 valence electrons. The van der Waals surface area contributed by atoms with E-state index in [1.807, 2.05) is 24.3 Å². The minimum Gasteiger partial charge on any atom is -0.497 e. The summed E-state index contributed by atoms with van der Waals surface area (Å²) in [4.78, 5) is 4.57. The summed E-state index contributed by atoms with van der Waals surface area (Å²) in [6, 6.07) is 16.5. The van der Waals surface area contributed by atoms with Crippen molar-refractivity contribution in [3.63, 3.8) is 0 Å². The summed E-state index contributed by atoms with van der Waals surface area (Å²) >= 11 is 0. The molecule has 1 aliphatic heterocycles. The summed E-state index contributed by atoms with van der Waals surface area (Å²) in [6.07, 6.45) is 1.52. The Balaban J connectivity index is 0.00000182. The maximum Gasteiger partial charge on any atom is 0.244 e. The number of benzene rings is 2. The summed E-state index contributed by atoms with van der Waals surface area (Å²) in [7, 11) is 1.66. The highest BCUT2D eigenvalue weighted by Gasteiger charge is 2.24. The van der Waals surface area contributed by atoms with Crippen molar-refractivity contribution in [3.05, 3.63) is 76.9 Å². The fourth-order valence-corrected chi connectivity index (χ4v) is 3.04. The minimum atomic E-state index is 0. The lowest BCUT2D eigenvalue weighted by molar-refractivity contribution is 0.319. The number of fused-ring (bicyclic) bond motifs is 1. The van der Waals surface area contributed by atoms with Crippen molar-refractivity contribution >= 4 is 12.4 Å². The number of hydrogen-bond acceptors (Lipinski definition) is 5. The van der Waals surface area contributed by atoms with E-state index in [-0.39, 0.29) is 18.4 Å². The third-order valence-corrected chi connectivity index (χ3v) is 4.38. The lowest BCUT2D eigenvalue weighted by atomic mass is 9.96. The summed E-state index contributed by atoms with van der Waals surface area (Å²) < 4.78 is 10.7. The number of aromatic nitrogens is 2. The van der Waals surface area contributed by atoms with Crippen molar-refractivity contribution in [2.45, 2.75) is 25.4 Å². The highest BCUT2D eigenvalue weighted by molar-refractivity contribution is 5.85. The van der Waals surface area contributed by atoms with Gasteiger partial charge in [0.2, 0.25) is 5.89 Å². The Morgan fingerprint density at radius 1 is 1.12 bits per heavy atom. The molecule has 25 heavy (non-hydrogen) atoms. The number of ether oxygens (including phenoxy) is 1. The zero-order valence-electron chi connectivity index (χ0n) is 13.9. The lowest BCUT2D eigenvalue weighted by Crippen LogP contribution is -2.28. The van der Waals surface area contributed by atoms with Gasteiger partial charge in [-0.3, -0.25) is 0 Å². The first-order chi connectivity index (χ1) is 11.8. The van der Waals surface area contributed by atoms with Crippen LogP contribution in [0.4, 0.5) is 0 Å². The molecule has 0 saturated heterocycles. The molecule has 6 heteroatoms. The van der Waals surface area contributed by atoms with E-state index in [2.05, 4.69) is 39.7 Å². The van der Waals surface area contributed by atoms with Crippen molar-refractivity contribution in [2.24, 2.45) is 0 Å². The Hall–Kier alpha value is -2.37. The van der Waals surface area contributed by atoms with Gasteiger partial charge in [0, 0.05) is 13.0 Å². The molecule has 0 spiro atoms. The Morgan fingerprint density at radius 3 is 2.64 bits per heavy atom. The molecule has 0 bridgehead atoms. The normalized spacial score (nSPS) is 16.0. The smallest absolute Gasteiger partial charge is 0.244 e. The molecular weight excluding hydrogens is 338 g/mol. The van der Waals surface area contributed by atoms with Crippen LogP contribution in [-0.4, -0.2) is 17.3 Å². The number of rotatable bonds is 4. The van der Waals surface area contributed by atoms with Crippen LogP contribution in [-0.2, 0) is 19.4 Å². The fraction of sp³-hybridized carbons (Fsp3) is 0.263. The van der Waals surface area contributed by atoms with Crippen LogP contribution in [0.15, 0.2) is 53.1 Å². The SMILES string of the molecule is COc1ccc(Cc2noc([C@H]3Cc4ccccc4CN3)n2)cc1.Cl. The van der Waals surface area contributed by atoms with Gasteiger partial charge >= 0.3 is 0 Å². The van der Waals surface area contributed by atoms with Crippen LogP contribution in [0.5, 0.6) is 5.75 Å². The Morgan fingerprint density at radius 2 is 1.88 bits per heavy atom. The Bertz CT molecular complexity index is 833. The summed E-state index contributed by atoms with van der Waals surface area (Å²) in [5.41, 5.74) is 3.81. The second-order valence-electron chi connectivity index (χ2n) is 5.98. The second kappa shape index (κ2) is 7.68. The first kappa shape index (κ1) is 17.5. The van der Waals surface area contributed by atoms with Gasteiger partial charge in [0.1, 0.15) is 5.75 Å². The van der Waals surface area contributed by atoms with Crippen molar-refractivity contribution in [2.75, 3.05) is 7.11 Å². The summed E-state index contributed by atoms with van der Waals surface area (Å²) in [5, 5.41) is 7.60. The minimum absolute atomic E-state index is 0. The van der Waals surface area contributed by atoms with Crippen LogP contribution in [0.2, 0.25) is 0 Å². The van der Waals surface area contributed by atoms with Crippen LogP contribution < -0.4 is 10.1 Å². The van der Waals surface area contributed by atoms with Crippen molar-refractivity contribution in [3.8, 4) is 5.75 Å². The molecule has 5 nitrogen and oxygen atoms in total. The first-order valence-electron chi connectivity index (χ1n) is 8.07. The average molecular weight is 358 g/mol. The van der Waals surface area contributed by atoms with Gasteiger partial charge in [-0.15, -0.1) is 12.4 Å². The van der Waals surface area contributed by atoms with E-state index in [1.54, 1.807) is 7.11 Å². The van der Waals surface area contributed by atoms with Gasteiger partial charge in [-0.25, -0.2) is 0 Å². The standard InChI is InChI=1S/C19H19N3O2.ClH/c1-23-16-8-6-13(7-9-16)10-18-21-19(24-22-18)17-11-14-4-2-3-5-15(14)12-20-17;/h2-9,17,20H,10-12H2,1H3;1H/t17-;/m1./s1. The molecule has 2 heterocycles. The summed E-state index contributed by atoms with van der Waals surface area (Å²) in [6.45, 7) is 0.830. The monoisotopic (exact) mass is 357 g/mol. The molecule has 0 saturated carbocycles. The zero-order valence-corrected chi connectivity index (χ0v) is 14.8. The van der Waals surface area contributed by atoms with Crippen LogP contribution in [0, 0.1) is 0 Å². The summed E-state index contributed by atoms with van der Waals surface area (Å²) in [5.74, 6) is 2.21. The zero-order chi connectivity index (χ0) is 16.4. The molecule has 1 atom stereocenters. The van der Waals surface area contributed by atoms with Crippen LogP contribution >= 0.6 is 12.4 Å². The average Bonchev–Trinajstić information content (AvgIpc) is 3.10. The molecule has 1 N–H and O–H groups in total. The fourth-order valence-electron chi connectivity index (χ4n) is 3.04. The molecule has 0 radical (unpaired) electrons. The molecule has 1 aliphatic rings. The highest BCUT2D eigenvalue weighted by Crippen LogP contribution is 2.25. The van der Waals surface area contributed by atoms with Gasteiger partial charge in [0.15, 0.2) is 5.82 Å². The van der Waals surface area contributed by atoms with Crippen molar-refractivity contribution in [1.82, 2.24) is 15.5 Å². The molecule has 0 aliphatic carbocycles. The lowest BCUT2D eigenvalue weighted by Gasteiger charge is -2.23. The highest BCUT2D eigenvalue weighted by atomic mass is 35.5. The largest absolute Gasteiger partial charge is 0.497 e. The van der Waals surface area contributed by atoms with Crippen LogP contribution in [0.3, 0.4) is 0 Å². The third kappa shape index (κ3) is 3.83. The van der Waals surface area contributed by atoms with E-state index < -0.39 is 0 Å². The van der Waals surface area contributed by atoms with Gasteiger partial charge in [-0.05, 0) is 35.2 Å². The van der Waals surface area contributed by atoms with E-state index in [0.29, 0.717) is 18.1 Å². The van der Waals surface area contributed by atoms with Crippen molar-refractivity contribution < 1.29 is 9.26 Å².